The molecule has 0 saturated heterocycles. The predicted octanol–water partition coefficient (Wildman–Crippen LogP) is 6.58. The van der Waals surface area contributed by atoms with E-state index in [0.29, 0.717) is 23.7 Å². The molecule has 1 aromatic rings. The van der Waals surface area contributed by atoms with E-state index in [1.807, 2.05) is 0 Å². The number of carbonyl (C=O) groups is 2. The van der Waals surface area contributed by atoms with E-state index in [-0.39, 0.29) is 11.7 Å². The first kappa shape index (κ1) is 29.1. The molecule has 0 bridgehead atoms. The van der Waals surface area contributed by atoms with Crippen molar-refractivity contribution in [1.82, 2.24) is 0 Å². The van der Waals surface area contributed by atoms with Gasteiger partial charge in [0.25, 0.3) is 0 Å². The number of unbranched alkanes of at least 4 members (excludes halogenated alkanes) is 7. The van der Waals surface area contributed by atoms with Crippen LogP contribution in [0.3, 0.4) is 0 Å². The number of carbonyl (C=O) groups excluding carboxylic acids is 2. The molecule has 0 heterocycles. The zero-order chi connectivity index (χ0) is 24.5. The van der Waals surface area contributed by atoms with Gasteiger partial charge in [0.15, 0.2) is 5.78 Å². The van der Waals surface area contributed by atoms with Crippen molar-refractivity contribution < 1.29 is 28.4 Å². The van der Waals surface area contributed by atoms with Crippen molar-refractivity contribution in [3.8, 4) is 11.5 Å². The minimum absolute atomic E-state index is 0.0215. The molecule has 0 spiro atoms. The molecule has 0 radical (unpaired) electrons. The van der Waals surface area contributed by atoms with Crippen LogP contribution in [0.15, 0.2) is 18.2 Å². The Kier molecular flexibility index (Phi) is 15.4. The van der Waals surface area contributed by atoms with Gasteiger partial charge in [-0.2, -0.15) is 0 Å². The van der Waals surface area contributed by atoms with Gasteiger partial charge in [-0.05, 0) is 37.3 Å². The topological polar surface area (TPSA) is 78.9 Å². The van der Waals surface area contributed by atoms with Gasteiger partial charge in [-0.25, -0.2) is 0 Å². The van der Waals surface area contributed by atoms with E-state index in [1.54, 1.807) is 18.2 Å². The second-order valence-corrected chi connectivity index (χ2v) is 8.57. The van der Waals surface area contributed by atoms with Gasteiger partial charge in [0.05, 0.1) is 20.8 Å². The normalized spacial score (nSPS) is 14.2. The molecule has 2 atom stereocenters. The SMILES string of the molecule is CCCCCCCCCCOC(=O)C(C(=O)c1c(OC)cccc1OC)C1CCCC1.O=[PH2+]. The Labute approximate surface area is 201 Å². The molecule has 33 heavy (non-hydrogen) atoms. The lowest BCUT2D eigenvalue weighted by Crippen LogP contribution is -2.33. The van der Waals surface area contributed by atoms with Gasteiger partial charge in [0.2, 0.25) is 0 Å². The van der Waals surface area contributed by atoms with Crippen LogP contribution in [-0.2, 0) is 14.1 Å². The first-order chi connectivity index (χ1) is 16.1. The van der Waals surface area contributed by atoms with Crippen LogP contribution in [0.5, 0.6) is 11.5 Å². The Morgan fingerprint density at radius 2 is 1.42 bits per heavy atom. The van der Waals surface area contributed by atoms with Gasteiger partial charge in [0.1, 0.15) is 23.0 Å². The molecule has 1 aliphatic carbocycles. The first-order valence-electron chi connectivity index (χ1n) is 12.3. The van der Waals surface area contributed by atoms with Crippen LogP contribution < -0.4 is 9.47 Å². The molecule has 1 saturated carbocycles. The van der Waals surface area contributed by atoms with Crippen molar-refractivity contribution in [2.75, 3.05) is 20.8 Å². The number of rotatable bonds is 15. The van der Waals surface area contributed by atoms with Crippen molar-refractivity contribution in [3.63, 3.8) is 0 Å². The van der Waals surface area contributed by atoms with E-state index < -0.39 is 11.9 Å². The highest BCUT2D eigenvalue weighted by Gasteiger charge is 2.40. The lowest BCUT2D eigenvalue weighted by Gasteiger charge is -2.22. The zero-order valence-corrected chi connectivity index (χ0v) is 21.8. The molecular weight excluding hydrogens is 439 g/mol. The zero-order valence-electron chi connectivity index (χ0n) is 20.6. The summed E-state index contributed by atoms with van der Waals surface area (Å²) in [7, 11) is 4.22. The van der Waals surface area contributed by atoms with Crippen LogP contribution in [0.1, 0.15) is 94.3 Å². The quantitative estimate of drug-likeness (QED) is 0.0925. The molecule has 0 aromatic heterocycles. The fourth-order valence-corrected chi connectivity index (χ4v) is 4.55. The summed E-state index contributed by atoms with van der Waals surface area (Å²) in [4.78, 5) is 26.6. The number of hydrogen-bond acceptors (Lipinski definition) is 6. The minimum atomic E-state index is -0.790. The van der Waals surface area contributed by atoms with E-state index in [0.717, 1.165) is 38.5 Å². The Morgan fingerprint density at radius 1 is 0.909 bits per heavy atom. The molecule has 186 valence electrons. The molecule has 0 aliphatic heterocycles. The van der Waals surface area contributed by atoms with Crippen LogP contribution >= 0.6 is 9.12 Å². The molecule has 0 amide bonds. The number of hydrogen-bond donors (Lipinski definition) is 0. The molecule has 1 fully saturated rings. The second kappa shape index (κ2) is 17.5. The fourth-order valence-electron chi connectivity index (χ4n) is 4.55. The summed E-state index contributed by atoms with van der Waals surface area (Å²) in [5, 5.41) is 0. The molecule has 6 nitrogen and oxygen atoms in total. The summed E-state index contributed by atoms with van der Waals surface area (Å²) in [6.45, 7) is 2.61. The van der Waals surface area contributed by atoms with E-state index in [2.05, 4.69) is 6.92 Å². The van der Waals surface area contributed by atoms with E-state index in [9.17, 15) is 9.59 Å². The van der Waals surface area contributed by atoms with E-state index in [4.69, 9.17) is 18.8 Å². The highest BCUT2D eigenvalue weighted by Crippen LogP contribution is 2.38. The Balaban J connectivity index is 0.00000265. The van der Waals surface area contributed by atoms with Crippen LogP contribution in [0.2, 0.25) is 0 Å². The van der Waals surface area contributed by atoms with Crippen LogP contribution in [-0.4, -0.2) is 32.6 Å². The highest BCUT2D eigenvalue weighted by atomic mass is 31.0. The molecule has 1 aliphatic rings. The maximum Gasteiger partial charge on any atom is 0.317 e. The number of ether oxygens (including phenoxy) is 3. The predicted molar refractivity (Wildman–Crippen MR) is 133 cm³/mol. The maximum atomic E-state index is 13.5. The van der Waals surface area contributed by atoms with Crippen LogP contribution in [0, 0.1) is 11.8 Å². The monoisotopic (exact) mass is 481 g/mol. The van der Waals surface area contributed by atoms with Crippen molar-refractivity contribution in [1.29, 1.82) is 0 Å². The largest absolute Gasteiger partial charge is 0.496 e. The number of benzene rings is 1. The average molecular weight is 482 g/mol. The molecule has 7 heteroatoms. The summed E-state index contributed by atoms with van der Waals surface area (Å²) in [6.07, 6.45) is 13.3. The van der Waals surface area contributed by atoms with Crippen LogP contribution in [0.25, 0.3) is 0 Å². The van der Waals surface area contributed by atoms with E-state index >= 15 is 0 Å². The van der Waals surface area contributed by atoms with Gasteiger partial charge in [-0.3, -0.25) is 9.59 Å². The lowest BCUT2D eigenvalue weighted by atomic mass is 9.84. The molecule has 0 N–H and O–H groups in total. The summed E-state index contributed by atoms with van der Waals surface area (Å²) in [5.74, 6) is -0.545. The van der Waals surface area contributed by atoms with Gasteiger partial charge in [-0.1, -0.05) is 75.3 Å². The maximum absolute atomic E-state index is 13.5. The Bertz CT molecular complexity index is 680. The van der Waals surface area contributed by atoms with Gasteiger partial charge >= 0.3 is 15.1 Å². The number of methoxy groups -OCH3 is 2. The lowest BCUT2D eigenvalue weighted by molar-refractivity contribution is -0.148. The first-order valence-corrected chi connectivity index (χ1v) is 12.8. The third-order valence-corrected chi connectivity index (χ3v) is 6.32. The standard InChI is InChI=1S/C26H40O5.H2OP/c1-4-5-6-7-8-9-10-13-19-31-26(28)23(20-15-11-12-16-20)25(27)24-21(29-2)17-14-18-22(24)30-3;1-2/h14,17-18,20,23H,4-13,15-16,19H2,1-3H3;2H2/q;+1. The van der Waals surface area contributed by atoms with Gasteiger partial charge in [-0.15, -0.1) is 0 Å². The summed E-state index contributed by atoms with van der Waals surface area (Å²) >= 11 is 0. The van der Waals surface area contributed by atoms with Gasteiger partial charge < -0.3 is 14.2 Å². The summed E-state index contributed by atoms with van der Waals surface area (Å²) < 4.78 is 24.6. The van der Waals surface area contributed by atoms with Crippen molar-refractivity contribution in [2.45, 2.75) is 84.0 Å². The smallest absolute Gasteiger partial charge is 0.317 e. The van der Waals surface area contributed by atoms with Crippen LogP contribution in [0.4, 0.5) is 0 Å². The van der Waals surface area contributed by atoms with Gasteiger partial charge in [0, 0.05) is 0 Å². The minimum Gasteiger partial charge on any atom is -0.496 e. The fraction of sp³-hybridized carbons (Fsp3) is 0.692. The molecule has 2 rings (SSSR count). The summed E-state index contributed by atoms with van der Waals surface area (Å²) in [6, 6.07) is 5.24. The van der Waals surface area contributed by atoms with E-state index in [1.165, 1.54) is 61.9 Å². The third-order valence-electron chi connectivity index (χ3n) is 6.32. The number of Topliss-reactive ketones (excluding diaryl/α,β-unsaturated/α-hetero) is 1. The van der Waals surface area contributed by atoms with Crippen molar-refractivity contribution >= 4 is 20.9 Å². The molecular formula is C26H42O6P+. The molecule has 1 aromatic carbocycles. The Morgan fingerprint density at radius 3 is 1.94 bits per heavy atom. The highest BCUT2D eigenvalue weighted by molar-refractivity contribution is 7.00. The van der Waals surface area contributed by atoms with Crippen molar-refractivity contribution in [2.24, 2.45) is 11.8 Å². The molecule has 2 unspecified atom stereocenters. The summed E-state index contributed by atoms with van der Waals surface area (Å²) in [5.41, 5.74) is 0.341. The van der Waals surface area contributed by atoms with Crippen molar-refractivity contribution in [3.05, 3.63) is 23.8 Å². The third kappa shape index (κ3) is 9.44. The second-order valence-electron chi connectivity index (χ2n) is 8.57. The average Bonchev–Trinajstić information content (AvgIpc) is 3.38. The number of esters is 1. The Hall–Kier alpha value is -1.94. The number of ketones is 1.